The minimum atomic E-state index is 0.686. The lowest BCUT2D eigenvalue weighted by Crippen LogP contribution is -2.06. The second kappa shape index (κ2) is 4.17. The summed E-state index contributed by atoms with van der Waals surface area (Å²) >= 11 is 0. The highest BCUT2D eigenvalue weighted by Gasteiger charge is 2.09. The molecule has 0 bridgehead atoms. The maximum Gasteiger partial charge on any atom is 0.0636 e. The van der Waals surface area contributed by atoms with E-state index in [0.717, 1.165) is 12.1 Å². The molecule has 2 heteroatoms. The summed E-state index contributed by atoms with van der Waals surface area (Å²) in [6.45, 7) is 0. The average Bonchev–Trinajstić information content (AvgIpc) is 2.21. The van der Waals surface area contributed by atoms with Crippen LogP contribution in [0.3, 0.4) is 0 Å². The Hall–Kier alpha value is -1.18. The summed E-state index contributed by atoms with van der Waals surface area (Å²) in [5.74, 6) is 0.686. The van der Waals surface area contributed by atoms with Crippen LogP contribution in [0.25, 0.3) is 0 Å². The van der Waals surface area contributed by atoms with Crippen LogP contribution >= 0.6 is 0 Å². The van der Waals surface area contributed by atoms with Gasteiger partial charge < -0.3 is 0 Å². The molecule has 0 fully saturated rings. The number of allylic oxidation sites excluding steroid dienone is 2. The molecule has 0 saturated carbocycles. The Morgan fingerprint density at radius 3 is 3.15 bits per heavy atom. The van der Waals surface area contributed by atoms with Crippen molar-refractivity contribution < 1.29 is 0 Å². The molecule has 0 aromatic carbocycles. The SMILES string of the molecule is C1=CC(Cc2cccnn2)CCC1. The lowest BCUT2D eigenvalue weighted by Gasteiger charge is -2.14. The normalized spacial score (nSPS) is 21.7. The van der Waals surface area contributed by atoms with Gasteiger partial charge in [-0.25, -0.2) is 0 Å². The van der Waals surface area contributed by atoms with Crippen LogP contribution in [0.1, 0.15) is 25.0 Å². The molecule has 1 aromatic rings. The molecule has 0 spiro atoms. The minimum absolute atomic E-state index is 0.686. The van der Waals surface area contributed by atoms with E-state index >= 15 is 0 Å². The highest BCUT2D eigenvalue weighted by atomic mass is 15.1. The third-order valence-electron chi connectivity index (χ3n) is 2.45. The van der Waals surface area contributed by atoms with E-state index < -0.39 is 0 Å². The van der Waals surface area contributed by atoms with Gasteiger partial charge in [-0.05, 0) is 43.7 Å². The monoisotopic (exact) mass is 174 g/mol. The first kappa shape index (κ1) is 8.42. The van der Waals surface area contributed by atoms with Gasteiger partial charge in [0.05, 0.1) is 5.69 Å². The van der Waals surface area contributed by atoms with E-state index in [1.807, 2.05) is 6.07 Å². The Morgan fingerprint density at radius 1 is 1.46 bits per heavy atom. The molecule has 0 saturated heterocycles. The maximum atomic E-state index is 4.09. The largest absolute Gasteiger partial charge is 0.159 e. The third-order valence-corrected chi connectivity index (χ3v) is 2.45. The summed E-state index contributed by atoms with van der Waals surface area (Å²) in [5, 5.41) is 7.97. The van der Waals surface area contributed by atoms with Gasteiger partial charge in [-0.2, -0.15) is 10.2 Å². The van der Waals surface area contributed by atoms with Crippen LogP contribution in [-0.2, 0) is 6.42 Å². The molecular weight excluding hydrogens is 160 g/mol. The van der Waals surface area contributed by atoms with E-state index in [1.54, 1.807) is 6.20 Å². The fourth-order valence-corrected chi connectivity index (χ4v) is 1.76. The Balaban J connectivity index is 1.98. The quantitative estimate of drug-likeness (QED) is 0.643. The first-order valence-electron chi connectivity index (χ1n) is 4.88. The van der Waals surface area contributed by atoms with Gasteiger partial charge in [-0.1, -0.05) is 12.2 Å². The zero-order valence-electron chi connectivity index (χ0n) is 7.69. The van der Waals surface area contributed by atoms with Crippen LogP contribution in [0.15, 0.2) is 30.5 Å². The number of nitrogens with zero attached hydrogens (tertiary/aromatic N) is 2. The maximum absolute atomic E-state index is 4.09. The zero-order valence-corrected chi connectivity index (χ0v) is 7.69. The minimum Gasteiger partial charge on any atom is -0.159 e. The van der Waals surface area contributed by atoms with Gasteiger partial charge in [-0.15, -0.1) is 0 Å². The molecule has 1 aliphatic rings. The third kappa shape index (κ3) is 2.38. The van der Waals surface area contributed by atoms with Gasteiger partial charge in [-0.3, -0.25) is 0 Å². The van der Waals surface area contributed by atoms with Crippen LogP contribution in [0.2, 0.25) is 0 Å². The molecule has 0 aliphatic heterocycles. The highest BCUT2D eigenvalue weighted by molar-refractivity contribution is 5.04. The van der Waals surface area contributed by atoms with Crippen LogP contribution in [-0.4, -0.2) is 10.2 Å². The molecule has 0 N–H and O–H groups in total. The van der Waals surface area contributed by atoms with Crippen molar-refractivity contribution in [1.29, 1.82) is 0 Å². The van der Waals surface area contributed by atoms with Crippen molar-refractivity contribution in [2.45, 2.75) is 25.7 Å². The smallest absolute Gasteiger partial charge is 0.0636 e. The van der Waals surface area contributed by atoms with Gasteiger partial charge in [0.15, 0.2) is 0 Å². The van der Waals surface area contributed by atoms with Crippen molar-refractivity contribution in [3.05, 3.63) is 36.2 Å². The number of hydrogen-bond acceptors (Lipinski definition) is 2. The average molecular weight is 174 g/mol. The summed E-state index contributed by atoms with van der Waals surface area (Å²) in [6, 6.07) is 4.00. The van der Waals surface area contributed by atoms with Crippen molar-refractivity contribution in [3.8, 4) is 0 Å². The Morgan fingerprint density at radius 2 is 2.46 bits per heavy atom. The van der Waals surface area contributed by atoms with Gasteiger partial charge in [0.25, 0.3) is 0 Å². The Kier molecular flexibility index (Phi) is 2.70. The predicted octanol–water partition coefficient (Wildman–Crippen LogP) is 2.38. The molecule has 2 nitrogen and oxygen atoms in total. The molecular formula is C11H14N2. The molecule has 1 aliphatic carbocycles. The number of hydrogen-bond donors (Lipinski definition) is 0. The number of rotatable bonds is 2. The Labute approximate surface area is 78.7 Å². The van der Waals surface area contributed by atoms with Crippen LogP contribution in [0.5, 0.6) is 0 Å². The first-order chi connectivity index (χ1) is 6.45. The fourth-order valence-electron chi connectivity index (χ4n) is 1.76. The first-order valence-corrected chi connectivity index (χ1v) is 4.88. The molecule has 1 heterocycles. The second-order valence-corrected chi connectivity index (χ2v) is 3.54. The predicted molar refractivity (Wildman–Crippen MR) is 52.2 cm³/mol. The molecule has 13 heavy (non-hydrogen) atoms. The van der Waals surface area contributed by atoms with E-state index in [4.69, 9.17) is 0 Å². The van der Waals surface area contributed by atoms with E-state index in [-0.39, 0.29) is 0 Å². The van der Waals surface area contributed by atoms with Gasteiger partial charge in [0, 0.05) is 6.20 Å². The van der Waals surface area contributed by atoms with Crippen LogP contribution in [0, 0.1) is 5.92 Å². The lowest BCUT2D eigenvalue weighted by atomic mass is 9.92. The zero-order chi connectivity index (χ0) is 8.93. The van der Waals surface area contributed by atoms with E-state index in [2.05, 4.69) is 28.4 Å². The lowest BCUT2D eigenvalue weighted by molar-refractivity contribution is 0.530. The van der Waals surface area contributed by atoms with Crippen molar-refractivity contribution in [1.82, 2.24) is 10.2 Å². The Bertz CT molecular complexity index is 279. The van der Waals surface area contributed by atoms with Gasteiger partial charge in [0.2, 0.25) is 0 Å². The van der Waals surface area contributed by atoms with Gasteiger partial charge in [0.1, 0.15) is 0 Å². The van der Waals surface area contributed by atoms with E-state index in [1.165, 1.54) is 19.3 Å². The van der Waals surface area contributed by atoms with Crippen molar-refractivity contribution >= 4 is 0 Å². The summed E-state index contributed by atoms with van der Waals surface area (Å²) < 4.78 is 0. The second-order valence-electron chi connectivity index (χ2n) is 3.54. The molecule has 0 radical (unpaired) electrons. The molecule has 1 aromatic heterocycles. The van der Waals surface area contributed by atoms with Crippen molar-refractivity contribution in [2.24, 2.45) is 5.92 Å². The summed E-state index contributed by atoms with van der Waals surface area (Å²) in [4.78, 5) is 0. The summed E-state index contributed by atoms with van der Waals surface area (Å²) in [6.07, 6.45) is 11.2. The molecule has 0 amide bonds. The van der Waals surface area contributed by atoms with Crippen LogP contribution < -0.4 is 0 Å². The van der Waals surface area contributed by atoms with Gasteiger partial charge >= 0.3 is 0 Å². The topological polar surface area (TPSA) is 25.8 Å². The molecule has 1 atom stereocenters. The number of aromatic nitrogens is 2. The van der Waals surface area contributed by atoms with E-state index in [9.17, 15) is 0 Å². The van der Waals surface area contributed by atoms with Crippen molar-refractivity contribution in [2.75, 3.05) is 0 Å². The highest BCUT2D eigenvalue weighted by Crippen LogP contribution is 2.19. The van der Waals surface area contributed by atoms with Crippen LogP contribution in [0.4, 0.5) is 0 Å². The fraction of sp³-hybridized carbons (Fsp3) is 0.455. The molecule has 68 valence electrons. The molecule has 2 rings (SSSR count). The van der Waals surface area contributed by atoms with Crippen molar-refractivity contribution in [3.63, 3.8) is 0 Å². The van der Waals surface area contributed by atoms with E-state index in [0.29, 0.717) is 5.92 Å². The summed E-state index contributed by atoms with van der Waals surface area (Å²) in [7, 11) is 0. The summed E-state index contributed by atoms with van der Waals surface area (Å²) in [5.41, 5.74) is 1.11. The molecule has 1 unspecified atom stereocenters. The standard InChI is InChI=1S/C11H14N2/c1-2-5-10(6-3-1)9-11-7-4-8-12-13-11/h2,4-5,7-8,10H,1,3,6,9H2.